The Kier molecular flexibility index (Phi) is 8.89. The van der Waals surface area contributed by atoms with E-state index in [9.17, 15) is 14.5 Å². The van der Waals surface area contributed by atoms with Gasteiger partial charge in [0.05, 0.1) is 0 Å². The molecule has 5 nitrogen and oxygen atoms in total. The van der Waals surface area contributed by atoms with Crippen molar-refractivity contribution in [3.63, 3.8) is 0 Å². The van der Waals surface area contributed by atoms with E-state index in [0.29, 0.717) is 23.7 Å². The van der Waals surface area contributed by atoms with Gasteiger partial charge in [-0.1, -0.05) is 76.6 Å². The summed E-state index contributed by atoms with van der Waals surface area (Å²) in [4.78, 5) is 13.2. The van der Waals surface area contributed by atoms with Crippen LogP contribution in [-0.4, -0.2) is 22.7 Å². The third-order valence-electron chi connectivity index (χ3n) is 5.22. The van der Waals surface area contributed by atoms with Gasteiger partial charge in [0, 0.05) is 15.3 Å². The van der Waals surface area contributed by atoms with Crippen LogP contribution >= 0.6 is 23.3 Å². The third kappa shape index (κ3) is 7.13. The Morgan fingerprint density at radius 3 is 2.09 bits per heavy atom. The van der Waals surface area contributed by atoms with E-state index in [2.05, 4.69) is 21.2 Å². The number of aliphatic hydroxyl groups excluding tert-OH is 1. The monoisotopic (exact) mass is 543 g/mol. The van der Waals surface area contributed by atoms with Crippen LogP contribution in [0.5, 0.6) is 0 Å². The topological polar surface area (TPSA) is 75.6 Å². The molecule has 0 radical (unpaired) electrons. The molecule has 34 heavy (non-hydrogen) atoms. The van der Waals surface area contributed by atoms with Gasteiger partial charge in [-0.05, 0) is 69.0 Å². The lowest BCUT2D eigenvalue weighted by molar-refractivity contribution is -0.129. The second-order valence-electron chi connectivity index (χ2n) is 9.22. The summed E-state index contributed by atoms with van der Waals surface area (Å²) < 4.78 is 21.4. The van der Waals surface area contributed by atoms with Gasteiger partial charge in [-0.2, -0.15) is 0 Å². The number of carbonyl (C=O) groups excluding carboxylic acids is 1. The van der Waals surface area contributed by atoms with Crippen LogP contribution in [0.25, 0.3) is 0 Å². The summed E-state index contributed by atoms with van der Waals surface area (Å²) in [6, 6.07) is 25.3. The fourth-order valence-corrected chi connectivity index (χ4v) is 6.06. The van der Waals surface area contributed by atoms with Crippen LogP contribution in [0.15, 0.2) is 89.4 Å². The Morgan fingerprint density at radius 1 is 0.971 bits per heavy atom. The molecule has 3 rings (SSSR count). The standard InChI is InChI=1S/C27H31BrNO4P/c1-27(2,3)29-25(30)24(19-14-20-10-6-4-7-11-20)33-34(32,23-12-8-5-9-13-23)26(31)21-15-17-22(28)18-16-21/h4-13,15-18,24,26,31H,14,19H2,1-3H3,(H,29,30). The first-order valence-corrected chi connectivity index (χ1v) is 13.7. The lowest BCUT2D eigenvalue weighted by Gasteiger charge is -2.30. The summed E-state index contributed by atoms with van der Waals surface area (Å²) in [6.07, 6.45) is -0.141. The first kappa shape index (κ1) is 26.4. The molecule has 0 saturated carbocycles. The summed E-state index contributed by atoms with van der Waals surface area (Å²) >= 11 is 3.39. The maximum absolute atomic E-state index is 14.4. The van der Waals surface area contributed by atoms with Gasteiger partial charge in [0.2, 0.25) is 5.91 Å². The van der Waals surface area contributed by atoms with E-state index in [1.807, 2.05) is 51.1 Å². The minimum atomic E-state index is -3.92. The number of carbonyl (C=O) groups is 1. The Balaban J connectivity index is 1.97. The van der Waals surface area contributed by atoms with Crippen LogP contribution in [0.4, 0.5) is 0 Å². The summed E-state index contributed by atoms with van der Waals surface area (Å²) in [6.45, 7) is 5.64. The van der Waals surface area contributed by atoms with Gasteiger partial charge in [0.15, 0.2) is 5.85 Å². The number of benzene rings is 3. The molecule has 0 heterocycles. The van der Waals surface area contributed by atoms with Crippen LogP contribution in [0.2, 0.25) is 0 Å². The molecule has 0 saturated heterocycles. The van der Waals surface area contributed by atoms with E-state index in [1.165, 1.54) is 0 Å². The zero-order valence-corrected chi connectivity index (χ0v) is 22.1. The highest BCUT2D eigenvalue weighted by Crippen LogP contribution is 2.58. The van der Waals surface area contributed by atoms with Gasteiger partial charge < -0.3 is 14.9 Å². The number of nitrogens with one attached hydrogen (secondary N) is 1. The summed E-state index contributed by atoms with van der Waals surface area (Å²) in [5, 5.41) is 14.6. The van der Waals surface area contributed by atoms with Crippen molar-refractivity contribution in [2.45, 2.75) is 51.1 Å². The maximum Gasteiger partial charge on any atom is 0.264 e. The van der Waals surface area contributed by atoms with Crippen molar-refractivity contribution in [1.82, 2.24) is 5.32 Å². The quantitative estimate of drug-likeness (QED) is 0.325. The molecule has 3 aromatic rings. The van der Waals surface area contributed by atoms with Gasteiger partial charge in [-0.3, -0.25) is 9.36 Å². The van der Waals surface area contributed by atoms with Gasteiger partial charge in [0.25, 0.3) is 7.37 Å². The lowest BCUT2D eigenvalue weighted by Crippen LogP contribution is -2.47. The number of amides is 1. The van der Waals surface area contributed by atoms with Crippen LogP contribution in [0, 0.1) is 0 Å². The number of aryl methyl sites for hydroxylation is 1. The highest BCUT2D eigenvalue weighted by molar-refractivity contribution is 9.10. The number of rotatable bonds is 9. The highest BCUT2D eigenvalue weighted by atomic mass is 79.9. The average Bonchev–Trinajstić information content (AvgIpc) is 2.81. The zero-order chi connectivity index (χ0) is 24.8. The molecule has 1 amide bonds. The molecule has 0 fully saturated rings. The Bertz CT molecular complexity index is 1110. The van der Waals surface area contributed by atoms with Crippen molar-refractivity contribution in [2.75, 3.05) is 0 Å². The van der Waals surface area contributed by atoms with E-state index >= 15 is 0 Å². The maximum atomic E-state index is 14.4. The fraction of sp³-hybridized carbons (Fsp3) is 0.296. The van der Waals surface area contributed by atoms with E-state index in [1.54, 1.807) is 54.6 Å². The van der Waals surface area contributed by atoms with Crippen molar-refractivity contribution in [3.8, 4) is 0 Å². The van der Waals surface area contributed by atoms with Crippen molar-refractivity contribution in [1.29, 1.82) is 0 Å². The third-order valence-corrected chi connectivity index (χ3v) is 8.28. The van der Waals surface area contributed by atoms with Gasteiger partial charge in [0.1, 0.15) is 6.10 Å². The van der Waals surface area contributed by atoms with Crippen LogP contribution in [0.1, 0.15) is 44.2 Å². The Hall–Kier alpha value is -2.24. The number of aliphatic hydroxyl groups is 1. The molecule has 0 aromatic heterocycles. The molecule has 0 aliphatic carbocycles. The zero-order valence-electron chi connectivity index (χ0n) is 19.6. The van der Waals surface area contributed by atoms with Crippen molar-refractivity contribution >= 4 is 34.5 Å². The lowest BCUT2D eigenvalue weighted by atomic mass is 10.0. The Morgan fingerprint density at radius 2 is 1.53 bits per heavy atom. The molecule has 2 N–H and O–H groups in total. The average molecular weight is 544 g/mol. The minimum Gasteiger partial charge on any atom is -0.378 e. The molecular weight excluding hydrogens is 513 g/mol. The summed E-state index contributed by atoms with van der Waals surface area (Å²) in [7, 11) is -3.92. The van der Waals surface area contributed by atoms with E-state index in [0.717, 1.165) is 10.0 Å². The molecular formula is C27H31BrNO4P. The van der Waals surface area contributed by atoms with Crippen molar-refractivity contribution in [2.24, 2.45) is 0 Å². The molecule has 0 aliphatic rings. The normalized spacial score (nSPS) is 15.2. The second kappa shape index (κ2) is 11.5. The number of hydrogen-bond donors (Lipinski definition) is 2. The van der Waals surface area contributed by atoms with E-state index in [-0.39, 0.29) is 5.91 Å². The second-order valence-corrected chi connectivity index (χ2v) is 12.5. The minimum absolute atomic E-state index is 0.315. The largest absolute Gasteiger partial charge is 0.378 e. The van der Waals surface area contributed by atoms with Gasteiger partial charge >= 0.3 is 0 Å². The molecule has 3 atom stereocenters. The first-order valence-electron chi connectivity index (χ1n) is 11.2. The van der Waals surface area contributed by atoms with Crippen LogP contribution < -0.4 is 10.6 Å². The predicted octanol–water partition coefficient (Wildman–Crippen LogP) is 5.98. The summed E-state index contributed by atoms with van der Waals surface area (Å²) in [5.41, 5.74) is 1.00. The Labute approximate surface area is 210 Å². The van der Waals surface area contributed by atoms with E-state index in [4.69, 9.17) is 4.52 Å². The van der Waals surface area contributed by atoms with E-state index < -0.39 is 24.9 Å². The number of hydrogen-bond acceptors (Lipinski definition) is 4. The first-order chi connectivity index (χ1) is 16.1. The molecule has 7 heteroatoms. The predicted molar refractivity (Wildman–Crippen MR) is 140 cm³/mol. The smallest absolute Gasteiger partial charge is 0.264 e. The molecule has 3 unspecified atom stereocenters. The highest BCUT2D eigenvalue weighted by Gasteiger charge is 2.40. The molecule has 180 valence electrons. The number of halogens is 1. The van der Waals surface area contributed by atoms with Crippen LogP contribution in [0.3, 0.4) is 0 Å². The van der Waals surface area contributed by atoms with Gasteiger partial charge in [-0.15, -0.1) is 0 Å². The van der Waals surface area contributed by atoms with Crippen LogP contribution in [-0.2, 0) is 20.3 Å². The van der Waals surface area contributed by atoms with Crippen molar-refractivity contribution in [3.05, 3.63) is 101 Å². The molecule has 0 spiro atoms. The van der Waals surface area contributed by atoms with Crippen molar-refractivity contribution < 1.29 is 19.0 Å². The van der Waals surface area contributed by atoms with Gasteiger partial charge in [-0.25, -0.2) is 0 Å². The SMILES string of the molecule is CC(C)(C)NC(=O)C(CCc1ccccc1)OP(=O)(c1ccccc1)C(O)c1ccc(Br)cc1. The molecule has 0 aliphatic heterocycles. The fourth-order valence-electron chi connectivity index (χ4n) is 3.54. The summed E-state index contributed by atoms with van der Waals surface area (Å²) in [5.74, 6) is -1.78. The molecule has 0 bridgehead atoms. The molecule has 3 aromatic carbocycles.